The number of imidazole rings is 1. The van der Waals surface area contributed by atoms with Crippen LogP contribution < -0.4 is 19.5 Å². The predicted octanol–water partition coefficient (Wildman–Crippen LogP) is 4.10. The van der Waals surface area contributed by atoms with Gasteiger partial charge in [0.1, 0.15) is 12.1 Å². The van der Waals surface area contributed by atoms with Gasteiger partial charge in [-0.25, -0.2) is 4.98 Å². The van der Waals surface area contributed by atoms with Crippen LogP contribution >= 0.6 is 0 Å². The normalized spacial score (nSPS) is 17.3. The minimum absolute atomic E-state index is 0.0652. The van der Waals surface area contributed by atoms with Gasteiger partial charge in [0.25, 0.3) is 0 Å². The number of carbonyl (C=O) groups is 1. The second-order valence-electron chi connectivity index (χ2n) is 7.16. The van der Waals surface area contributed by atoms with Crippen LogP contribution in [0.15, 0.2) is 42.7 Å². The van der Waals surface area contributed by atoms with Crippen LogP contribution in [0.3, 0.4) is 0 Å². The van der Waals surface area contributed by atoms with Gasteiger partial charge in [-0.3, -0.25) is 9.36 Å². The third-order valence-electron chi connectivity index (χ3n) is 5.31. The lowest BCUT2D eigenvalue weighted by Gasteiger charge is -2.24. The number of hydrogen-bond donors (Lipinski definition) is 1. The smallest absolute Gasteiger partial charge is 0.416 e. The fourth-order valence-corrected chi connectivity index (χ4v) is 3.86. The van der Waals surface area contributed by atoms with E-state index in [4.69, 9.17) is 14.2 Å². The van der Waals surface area contributed by atoms with Crippen molar-refractivity contribution in [2.24, 2.45) is 0 Å². The van der Waals surface area contributed by atoms with E-state index >= 15 is 0 Å². The highest BCUT2D eigenvalue weighted by Gasteiger charge is 2.34. The number of methoxy groups -OCH3 is 1. The maximum atomic E-state index is 13.1. The van der Waals surface area contributed by atoms with Crippen molar-refractivity contribution < 1.29 is 32.2 Å². The summed E-state index contributed by atoms with van der Waals surface area (Å²) in [5, 5.41) is 2.74. The van der Waals surface area contributed by atoms with Crippen LogP contribution in [0.1, 0.15) is 29.2 Å². The zero-order valence-electron chi connectivity index (χ0n) is 16.2. The van der Waals surface area contributed by atoms with Gasteiger partial charge in [0.2, 0.25) is 18.4 Å². The maximum Gasteiger partial charge on any atom is 0.416 e. The number of ether oxygens (including phenoxy) is 3. The second-order valence-corrected chi connectivity index (χ2v) is 7.16. The van der Waals surface area contributed by atoms with E-state index in [9.17, 15) is 18.0 Å². The number of amides is 1. The van der Waals surface area contributed by atoms with Gasteiger partial charge in [-0.2, -0.15) is 13.2 Å². The molecule has 1 aromatic heterocycles. The molecule has 0 radical (unpaired) electrons. The molecule has 1 atom stereocenters. The van der Waals surface area contributed by atoms with Gasteiger partial charge in [0.15, 0.2) is 11.5 Å². The molecule has 0 spiro atoms. The number of halogens is 3. The summed E-state index contributed by atoms with van der Waals surface area (Å²) in [6.45, 7) is 0.0652. The summed E-state index contributed by atoms with van der Waals surface area (Å²) in [4.78, 5) is 16.9. The number of fused-ring (bicyclic) bond motifs is 2. The number of hydrogen-bond acceptors (Lipinski definition) is 5. The molecule has 0 saturated heterocycles. The first-order valence-corrected chi connectivity index (χ1v) is 9.37. The highest BCUT2D eigenvalue weighted by molar-refractivity contribution is 5.94. The predicted molar refractivity (Wildman–Crippen MR) is 103 cm³/mol. The van der Waals surface area contributed by atoms with E-state index in [1.165, 1.54) is 30.1 Å². The molecule has 0 aliphatic carbocycles. The SMILES string of the molecule is COc1cc(C2CC(=O)Nc3c2ncn3-c2cccc(C(F)(F)F)c2)cc2c1OCO2. The van der Waals surface area contributed by atoms with E-state index in [1.807, 2.05) is 0 Å². The molecule has 3 heterocycles. The molecule has 10 heteroatoms. The van der Waals surface area contributed by atoms with Crippen molar-refractivity contribution in [1.82, 2.24) is 9.55 Å². The van der Waals surface area contributed by atoms with Gasteiger partial charge in [-0.1, -0.05) is 6.07 Å². The van der Waals surface area contributed by atoms with Crippen LogP contribution in [0.5, 0.6) is 17.2 Å². The van der Waals surface area contributed by atoms with Crippen LogP contribution in [0.25, 0.3) is 5.69 Å². The molecule has 160 valence electrons. The summed E-state index contributed by atoms with van der Waals surface area (Å²) in [6, 6.07) is 8.37. The molecule has 0 saturated carbocycles. The molecule has 2 aliphatic rings. The minimum atomic E-state index is -4.48. The standard InChI is InChI=1S/C21H16F3N3O4/c1-29-15-5-11(6-16-19(15)31-10-30-16)14-8-17(28)26-20-18(14)25-9-27(20)13-4-2-3-12(7-13)21(22,23)24/h2-7,9,14H,8,10H2,1H3,(H,26,28). The number of nitrogens with zero attached hydrogens (tertiary/aromatic N) is 2. The summed E-state index contributed by atoms with van der Waals surface area (Å²) >= 11 is 0. The maximum absolute atomic E-state index is 13.1. The second kappa shape index (κ2) is 6.93. The molecule has 7 nitrogen and oxygen atoms in total. The largest absolute Gasteiger partial charge is 0.493 e. The third kappa shape index (κ3) is 3.24. The van der Waals surface area contributed by atoms with Crippen molar-refractivity contribution in [3.05, 3.63) is 59.5 Å². The Labute approximate surface area is 174 Å². The van der Waals surface area contributed by atoms with Crippen molar-refractivity contribution in [3.63, 3.8) is 0 Å². The molecular formula is C21H16F3N3O4. The van der Waals surface area contributed by atoms with Crippen molar-refractivity contribution in [2.75, 3.05) is 19.2 Å². The third-order valence-corrected chi connectivity index (χ3v) is 5.31. The lowest BCUT2D eigenvalue weighted by atomic mass is 9.89. The average molecular weight is 431 g/mol. The van der Waals surface area contributed by atoms with Gasteiger partial charge in [-0.05, 0) is 35.9 Å². The van der Waals surface area contributed by atoms with E-state index in [0.29, 0.717) is 28.8 Å². The van der Waals surface area contributed by atoms with E-state index in [-0.39, 0.29) is 24.8 Å². The summed E-state index contributed by atoms with van der Waals surface area (Å²) in [5.74, 6) is 1.08. The molecule has 3 aromatic rings. The van der Waals surface area contributed by atoms with Crippen molar-refractivity contribution in [1.29, 1.82) is 0 Å². The Hall–Kier alpha value is -3.69. The summed E-state index contributed by atoms with van der Waals surface area (Å²) < 4.78 is 57.2. The molecule has 1 unspecified atom stereocenters. The van der Waals surface area contributed by atoms with Crippen molar-refractivity contribution in [3.8, 4) is 22.9 Å². The zero-order valence-corrected chi connectivity index (χ0v) is 16.2. The first-order valence-electron chi connectivity index (χ1n) is 9.37. The van der Waals surface area contributed by atoms with Crippen molar-refractivity contribution in [2.45, 2.75) is 18.5 Å². The Kier molecular flexibility index (Phi) is 4.31. The Morgan fingerprint density at radius 1 is 1.23 bits per heavy atom. The Morgan fingerprint density at radius 3 is 2.84 bits per heavy atom. The Morgan fingerprint density at radius 2 is 2.06 bits per heavy atom. The first kappa shape index (κ1) is 19.3. The lowest BCUT2D eigenvalue weighted by Crippen LogP contribution is -2.25. The topological polar surface area (TPSA) is 74.6 Å². The quantitative estimate of drug-likeness (QED) is 0.676. The summed E-state index contributed by atoms with van der Waals surface area (Å²) in [6.07, 6.45) is -2.95. The zero-order chi connectivity index (χ0) is 21.8. The van der Waals surface area contributed by atoms with Gasteiger partial charge in [0.05, 0.1) is 18.4 Å². The van der Waals surface area contributed by atoms with Crippen LogP contribution in [-0.2, 0) is 11.0 Å². The van der Waals surface area contributed by atoms with E-state index in [2.05, 4.69) is 10.3 Å². The number of alkyl halides is 3. The monoisotopic (exact) mass is 431 g/mol. The fraction of sp³-hybridized carbons (Fsp3) is 0.238. The van der Waals surface area contributed by atoms with Gasteiger partial charge < -0.3 is 19.5 Å². The minimum Gasteiger partial charge on any atom is -0.493 e. The highest BCUT2D eigenvalue weighted by Crippen LogP contribution is 2.46. The molecule has 0 bridgehead atoms. The average Bonchev–Trinajstić information content (AvgIpc) is 3.38. The number of anilines is 1. The molecule has 31 heavy (non-hydrogen) atoms. The molecule has 2 aromatic carbocycles. The highest BCUT2D eigenvalue weighted by atomic mass is 19.4. The van der Waals surface area contributed by atoms with E-state index in [0.717, 1.165) is 17.7 Å². The van der Waals surface area contributed by atoms with E-state index in [1.54, 1.807) is 12.1 Å². The molecular weight excluding hydrogens is 415 g/mol. The first-order chi connectivity index (χ1) is 14.8. The van der Waals surface area contributed by atoms with Gasteiger partial charge >= 0.3 is 6.18 Å². The number of carbonyl (C=O) groups excluding carboxylic acids is 1. The Bertz CT molecular complexity index is 1190. The number of rotatable bonds is 3. The molecule has 1 amide bonds. The lowest BCUT2D eigenvalue weighted by molar-refractivity contribution is -0.137. The number of benzene rings is 2. The molecule has 5 rings (SSSR count). The number of aromatic nitrogens is 2. The number of nitrogens with one attached hydrogen (secondary N) is 1. The van der Waals surface area contributed by atoms with Crippen molar-refractivity contribution >= 4 is 11.7 Å². The van der Waals surface area contributed by atoms with Crippen LogP contribution in [0, 0.1) is 0 Å². The Balaban J connectivity index is 1.60. The summed E-state index contributed by atoms with van der Waals surface area (Å²) in [5.41, 5.74) is 0.726. The van der Waals surface area contributed by atoms with Crippen LogP contribution in [0.4, 0.5) is 19.0 Å². The van der Waals surface area contributed by atoms with E-state index < -0.39 is 17.7 Å². The van der Waals surface area contributed by atoms with Gasteiger partial charge in [-0.15, -0.1) is 0 Å². The van der Waals surface area contributed by atoms with Gasteiger partial charge in [0, 0.05) is 18.0 Å². The molecule has 1 N–H and O–H groups in total. The molecule has 0 fully saturated rings. The van der Waals surface area contributed by atoms with Crippen LogP contribution in [0.2, 0.25) is 0 Å². The fourth-order valence-electron chi connectivity index (χ4n) is 3.86. The summed E-state index contributed by atoms with van der Waals surface area (Å²) in [7, 11) is 1.50. The molecule has 2 aliphatic heterocycles. The van der Waals surface area contributed by atoms with Crippen LogP contribution in [-0.4, -0.2) is 29.4 Å².